The lowest BCUT2D eigenvalue weighted by Gasteiger charge is -2.02. The average Bonchev–Trinajstić information content (AvgIpc) is 2.49. The number of pyridine rings is 1. The van der Waals surface area contributed by atoms with E-state index in [1.54, 1.807) is 0 Å². The molecule has 0 unspecified atom stereocenters. The van der Waals surface area contributed by atoms with Gasteiger partial charge in [-0.3, -0.25) is 4.98 Å². The van der Waals surface area contributed by atoms with Crippen molar-refractivity contribution in [3.8, 4) is 0 Å². The topological polar surface area (TPSA) is 69.6 Å². The molecule has 2 aromatic rings. The van der Waals surface area contributed by atoms with Crippen molar-refractivity contribution < 1.29 is 0 Å². The van der Waals surface area contributed by atoms with Gasteiger partial charge in [0.1, 0.15) is 6.54 Å². The van der Waals surface area contributed by atoms with E-state index in [4.69, 9.17) is 5.73 Å². The van der Waals surface area contributed by atoms with Crippen molar-refractivity contribution in [1.82, 2.24) is 20.0 Å². The molecular formula is C10H13N5. The summed E-state index contributed by atoms with van der Waals surface area (Å²) in [7, 11) is 0. The zero-order valence-corrected chi connectivity index (χ0v) is 8.81. The number of nitrogens with zero attached hydrogens (tertiary/aromatic N) is 4. The van der Waals surface area contributed by atoms with Gasteiger partial charge in [-0.25, -0.2) is 0 Å². The minimum Gasteiger partial charge on any atom is -0.381 e. The van der Waals surface area contributed by atoms with Crippen molar-refractivity contribution in [2.75, 3.05) is 5.73 Å². The summed E-state index contributed by atoms with van der Waals surface area (Å²) in [6, 6.07) is 4.06. The van der Waals surface area contributed by atoms with Crippen LogP contribution in [0.15, 0.2) is 18.3 Å². The van der Waals surface area contributed by atoms with Crippen LogP contribution in [0.3, 0.4) is 0 Å². The van der Waals surface area contributed by atoms with Crippen LogP contribution in [0.4, 0.5) is 5.82 Å². The highest BCUT2D eigenvalue weighted by atomic mass is 15.5. The first-order valence-corrected chi connectivity index (χ1v) is 4.73. The molecule has 0 aliphatic carbocycles. The fourth-order valence-corrected chi connectivity index (χ4v) is 1.54. The molecule has 0 saturated heterocycles. The Morgan fingerprint density at radius 1 is 1.33 bits per heavy atom. The number of hydrogen-bond donors (Lipinski definition) is 1. The summed E-state index contributed by atoms with van der Waals surface area (Å²) < 4.78 is 0. The van der Waals surface area contributed by atoms with Gasteiger partial charge in [0, 0.05) is 5.69 Å². The Labute approximate surface area is 87.9 Å². The van der Waals surface area contributed by atoms with Gasteiger partial charge in [-0.1, -0.05) is 0 Å². The van der Waals surface area contributed by atoms with Crippen molar-refractivity contribution in [3.05, 3.63) is 35.3 Å². The Hall–Kier alpha value is -1.91. The smallest absolute Gasteiger partial charge is 0.165 e. The number of hydrogen-bond acceptors (Lipinski definition) is 4. The Morgan fingerprint density at radius 2 is 2.13 bits per heavy atom. The lowest BCUT2D eigenvalue weighted by molar-refractivity contribution is 0.582. The minimum atomic E-state index is 0.430. The zero-order chi connectivity index (χ0) is 10.8. The zero-order valence-electron chi connectivity index (χ0n) is 8.81. The van der Waals surface area contributed by atoms with E-state index in [-0.39, 0.29) is 0 Å². The van der Waals surface area contributed by atoms with E-state index in [9.17, 15) is 0 Å². The van der Waals surface area contributed by atoms with Crippen molar-refractivity contribution in [3.63, 3.8) is 0 Å². The molecule has 78 valence electrons. The molecule has 2 rings (SSSR count). The van der Waals surface area contributed by atoms with E-state index >= 15 is 0 Å². The highest BCUT2D eigenvalue weighted by Crippen LogP contribution is 2.05. The maximum Gasteiger partial charge on any atom is 0.165 e. The van der Waals surface area contributed by atoms with E-state index in [2.05, 4.69) is 15.2 Å². The third kappa shape index (κ3) is 2.31. The Morgan fingerprint density at radius 3 is 2.73 bits per heavy atom. The summed E-state index contributed by atoms with van der Waals surface area (Å²) in [5, 5.41) is 8.02. The summed E-state index contributed by atoms with van der Waals surface area (Å²) in [6.07, 6.45) is 1.53. The van der Waals surface area contributed by atoms with Gasteiger partial charge >= 0.3 is 0 Å². The Bertz CT molecular complexity index is 454. The molecular weight excluding hydrogens is 190 g/mol. The first kappa shape index (κ1) is 9.64. The van der Waals surface area contributed by atoms with E-state index in [1.807, 2.05) is 26.0 Å². The van der Waals surface area contributed by atoms with Crippen LogP contribution in [0.5, 0.6) is 0 Å². The van der Waals surface area contributed by atoms with Crippen LogP contribution >= 0.6 is 0 Å². The van der Waals surface area contributed by atoms with E-state index in [0.717, 1.165) is 11.4 Å². The highest BCUT2D eigenvalue weighted by molar-refractivity contribution is 5.21. The van der Waals surface area contributed by atoms with Gasteiger partial charge in [0.15, 0.2) is 5.82 Å². The monoisotopic (exact) mass is 203 g/mol. The Balaban J connectivity index is 2.24. The number of aromatic nitrogens is 4. The highest BCUT2D eigenvalue weighted by Gasteiger charge is 2.01. The second kappa shape index (κ2) is 3.68. The first-order chi connectivity index (χ1) is 7.13. The minimum absolute atomic E-state index is 0.430. The SMILES string of the molecule is Cc1cc(C)nc(Cn2ncc(N)n2)c1. The molecule has 0 aromatic carbocycles. The van der Waals surface area contributed by atoms with Crippen molar-refractivity contribution in [1.29, 1.82) is 0 Å². The predicted molar refractivity (Wildman–Crippen MR) is 57.2 cm³/mol. The van der Waals surface area contributed by atoms with Crippen LogP contribution in [0.25, 0.3) is 0 Å². The molecule has 0 radical (unpaired) electrons. The quantitative estimate of drug-likeness (QED) is 0.788. The summed E-state index contributed by atoms with van der Waals surface area (Å²) >= 11 is 0. The second-order valence-electron chi connectivity index (χ2n) is 3.58. The van der Waals surface area contributed by atoms with Gasteiger partial charge in [0.25, 0.3) is 0 Å². The van der Waals surface area contributed by atoms with Crippen LogP contribution < -0.4 is 5.73 Å². The molecule has 15 heavy (non-hydrogen) atoms. The first-order valence-electron chi connectivity index (χ1n) is 4.73. The third-order valence-corrected chi connectivity index (χ3v) is 2.01. The predicted octanol–water partition coefficient (Wildman–Crippen LogP) is 0.920. The molecule has 2 N–H and O–H groups in total. The van der Waals surface area contributed by atoms with Gasteiger partial charge in [-0.2, -0.15) is 9.90 Å². The van der Waals surface area contributed by atoms with Crippen LogP contribution in [0.2, 0.25) is 0 Å². The molecule has 0 amide bonds. The molecule has 0 atom stereocenters. The maximum atomic E-state index is 5.48. The third-order valence-electron chi connectivity index (χ3n) is 2.01. The average molecular weight is 203 g/mol. The van der Waals surface area contributed by atoms with Crippen LogP contribution in [0, 0.1) is 13.8 Å². The summed E-state index contributed by atoms with van der Waals surface area (Å²) in [6.45, 7) is 4.57. The molecule has 2 aromatic heterocycles. The largest absolute Gasteiger partial charge is 0.381 e. The summed E-state index contributed by atoms with van der Waals surface area (Å²) in [4.78, 5) is 5.94. The molecule has 0 fully saturated rings. The molecule has 5 heteroatoms. The number of anilines is 1. The maximum absolute atomic E-state index is 5.48. The van der Waals surface area contributed by atoms with Crippen molar-refractivity contribution in [2.24, 2.45) is 0 Å². The number of aryl methyl sites for hydroxylation is 2. The normalized spacial score (nSPS) is 10.5. The summed E-state index contributed by atoms with van der Waals surface area (Å²) in [5.74, 6) is 0.430. The van der Waals surface area contributed by atoms with Crippen LogP contribution in [-0.4, -0.2) is 20.0 Å². The van der Waals surface area contributed by atoms with Crippen molar-refractivity contribution >= 4 is 5.82 Å². The molecule has 0 aliphatic heterocycles. The van der Waals surface area contributed by atoms with Crippen LogP contribution in [-0.2, 0) is 6.54 Å². The van der Waals surface area contributed by atoms with E-state index < -0.39 is 0 Å². The van der Waals surface area contributed by atoms with Gasteiger partial charge < -0.3 is 5.73 Å². The van der Waals surface area contributed by atoms with Crippen LogP contribution in [0.1, 0.15) is 17.0 Å². The molecule has 5 nitrogen and oxygen atoms in total. The van der Waals surface area contributed by atoms with E-state index in [0.29, 0.717) is 12.4 Å². The molecule has 0 bridgehead atoms. The number of nitrogen functional groups attached to an aromatic ring is 1. The fraction of sp³-hybridized carbons (Fsp3) is 0.300. The standard InChI is InChI=1S/C10H13N5/c1-7-3-8(2)13-9(4-7)6-15-12-5-10(11)14-15/h3-5H,6H2,1-2H3,(H2,11,14). The molecule has 0 saturated carbocycles. The Kier molecular flexibility index (Phi) is 2.37. The lowest BCUT2D eigenvalue weighted by atomic mass is 10.2. The van der Waals surface area contributed by atoms with Gasteiger partial charge in [-0.15, -0.1) is 5.10 Å². The second-order valence-corrected chi connectivity index (χ2v) is 3.58. The summed E-state index contributed by atoms with van der Waals surface area (Å²) in [5.41, 5.74) is 8.62. The lowest BCUT2D eigenvalue weighted by Crippen LogP contribution is -2.06. The van der Waals surface area contributed by atoms with Gasteiger partial charge in [-0.05, 0) is 31.5 Å². The molecule has 0 aliphatic rings. The van der Waals surface area contributed by atoms with Crippen molar-refractivity contribution in [2.45, 2.75) is 20.4 Å². The van der Waals surface area contributed by atoms with Gasteiger partial charge in [0.05, 0.1) is 11.9 Å². The molecule has 0 spiro atoms. The van der Waals surface area contributed by atoms with E-state index in [1.165, 1.54) is 16.6 Å². The number of nitrogens with two attached hydrogens (primary N) is 1. The van der Waals surface area contributed by atoms with Gasteiger partial charge in [0.2, 0.25) is 0 Å². The molecule has 2 heterocycles. The number of rotatable bonds is 2. The fourth-order valence-electron chi connectivity index (χ4n) is 1.54.